The van der Waals surface area contributed by atoms with Crippen LogP contribution in [0.1, 0.15) is 24.7 Å². The minimum absolute atomic E-state index is 0.0861. The fraction of sp³-hybridized carbons (Fsp3) is 0.308. The third kappa shape index (κ3) is 3.70. The lowest BCUT2D eigenvalue weighted by Gasteiger charge is -2.03. The fourth-order valence-electron chi connectivity index (χ4n) is 1.56. The Morgan fingerprint density at radius 2 is 2.22 bits per heavy atom. The van der Waals surface area contributed by atoms with Crippen molar-refractivity contribution >= 4 is 11.8 Å². The van der Waals surface area contributed by atoms with Crippen LogP contribution >= 0.6 is 11.8 Å². The highest BCUT2D eigenvalue weighted by Gasteiger charge is 2.02. The summed E-state index contributed by atoms with van der Waals surface area (Å²) in [6.45, 7) is 2.07. The van der Waals surface area contributed by atoms with Gasteiger partial charge in [-0.15, -0.1) is 0 Å². The van der Waals surface area contributed by atoms with Gasteiger partial charge in [0.05, 0.1) is 5.69 Å². The molecule has 0 aromatic carbocycles. The zero-order valence-corrected chi connectivity index (χ0v) is 11.0. The molecular formula is C13H15N3OS. The standard InChI is InChI=1S/C13H15N3OS/c1-2-5-10-8-12(17)16-13(15-10)18-9-11-6-3-4-7-14-11/h3-4,6-8H,2,5,9H2,1H3,(H,15,16,17). The van der Waals surface area contributed by atoms with Crippen molar-refractivity contribution in [1.82, 2.24) is 15.0 Å². The summed E-state index contributed by atoms with van der Waals surface area (Å²) >= 11 is 1.50. The Balaban J connectivity index is 2.07. The fourth-order valence-corrected chi connectivity index (χ4v) is 2.37. The molecule has 4 nitrogen and oxygen atoms in total. The van der Waals surface area contributed by atoms with Gasteiger partial charge in [-0.1, -0.05) is 31.2 Å². The third-order valence-corrected chi connectivity index (χ3v) is 3.27. The first-order chi connectivity index (χ1) is 8.78. The summed E-state index contributed by atoms with van der Waals surface area (Å²) in [5.41, 5.74) is 1.74. The maximum atomic E-state index is 11.5. The number of nitrogens with one attached hydrogen (secondary N) is 1. The molecule has 2 aromatic heterocycles. The number of hydrogen-bond donors (Lipinski definition) is 1. The van der Waals surface area contributed by atoms with E-state index in [1.807, 2.05) is 18.2 Å². The van der Waals surface area contributed by atoms with Gasteiger partial charge in [-0.3, -0.25) is 9.78 Å². The van der Waals surface area contributed by atoms with E-state index in [1.54, 1.807) is 12.3 Å². The van der Waals surface area contributed by atoms with Crippen molar-refractivity contribution in [2.24, 2.45) is 0 Å². The van der Waals surface area contributed by atoms with Crippen molar-refractivity contribution in [3.63, 3.8) is 0 Å². The zero-order valence-electron chi connectivity index (χ0n) is 10.2. The highest BCUT2D eigenvalue weighted by molar-refractivity contribution is 7.98. The predicted octanol–water partition coefficient (Wildman–Crippen LogP) is 2.41. The molecule has 5 heteroatoms. The number of pyridine rings is 1. The molecule has 0 aliphatic rings. The molecule has 0 atom stereocenters. The second kappa shape index (κ2) is 6.35. The second-order valence-electron chi connectivity index (χ2n) is 3.90. The van der Waals surface area contributed by atoms with E-state index in [-0.39, 0.29) is 5.56 Å². The smallest absolute Gasteiger partial charge is 0.251 e. The summed E-state index contributed by atoms with van der Waals surface area (Å²) in [6.07, 6.45) is 3.58. The van der Waals surface area contributed by atoms with Gasteiger partial charge in [0.1, 0.15) is 0 Å². The Kier molecular flexibility index (Phi) is 4.52. The van der Waals surface area contributed by atoms with Gasteiger partial charge in [-0.05, 0) is 18.6 Å². The summed E-state index contributed by atoms with van der Waals surface area (Å²) in [5.74, 6) is 0.708. The Bertz CT molecular complexity index is 554. The Morgan fingerprint density at radius 3 is 2.94 bits per heavy atom. The molecule has 0 unspecified atom stereocenters. The van der Waals surface area contributed by atoms with Crippen molar-refractivity contribution in [2.45, 2.75) is 30.7 Å². The van der Waals surface area contributed by atoms with Crippen LogP contribution in [0.5, 0.6) is 0 Å². The molecule has 94 valence electrons. The minimum atomic E-state index is -0.0861. The molecule has 2 aromatic rings. The number of aromatic amines is 1. The molecule has 0 saturated heterocycles. The van der Waals surface area contributed by atoms with Crippen LogP contribution in [-0.4, -0.2) is 15.0 Å². The van der Waals surface area contributed by atoms with Crippen LogP contribution in [0.15, 0.2) is 40.4 Å². The Labute approximate surface area is 110 Å². The summed E-state index contributed by atoms with van der Waals surface area (Å²) < 4.78 is 0. The monoisotopic (exact) mass is 261 g/mol. The number of hydrogen-bond acceptors (Lipinski definition) is 4. The number of H-pyrrole nitrogens is 1. The van der Waals surface area contributed by atoms with Crippen LogP contribution < -0.4 is 5.56 Å². The van der Waals surface area contributed by atoms with Crippen molar-refractivity contribution in [3.05, 3.63) is 52.2 Å². The predicted molar refractivity (Wildman–Crippen MR) is 72.7 cm³/mol. The average molecular weight is 261 g/mol. The number of aryl methyl sites for hydroxylation is 1. The van der Waals surface area contributed by atoms with Crippen LogP contribution in [0.25, 0.3) is 0 Å². The minimum Gasteiger partial charge on any atom is -0.301 e. The van der Waals surface area contributed by atoms with Crippen molar-refractivity contribution in [3.8, 4) is 0 Å². The lowest BCUT2D eigenvalue weighted by Crippen LogP contribution is -2.10. The molecule has 0 bridgehead atoms. The first-order valence-electron chi connectivity index (χ1n) is 5.91. The molecule has 18 heavy (non-hydrogen) atoms. The first-order valence-corrected chi connectivity index (χ1v) is 6.89. The van der Waals surface area contributed by atoms with Crippen LogP contribution in [-0.2, 0) is 12.2 Å². The van der Waals surface area contributed by atoms with E-state index in [4.69, 9.17) is 0 Å². The summed E-state index contributed by atoms with van der Waals surface area (Å²) in [5, 5.41) is 0.664. The highest BCUT2D eigenvalue weighted by Crippen LogP contribution is 2.16. The number of nitrogens with zero attached hydrogens (tertiary/aromatic N) is 2. The van der Waals surface area contributed by atoms with E-state index >= 15 is 0 Å². The van der Waals surface area contributed by atoms with Gasteiger partial charge in [0.15, 0.2) is 5.16 Å². The van der Waals surface area contributed by atoms with E-state index in [2.05, 4.69) is 21.9 Å². The quantitative estimate of drug-likeness (QED) is 0.663. The normalized spacial score (nSPS) is 10.5. The van der Waals surface area contributed by atoms with Crippen molar-refractivity contribution in [1.29, 1.82) is 0 Å². The molecule has 2 heterocycles. The maximum Gasteiger partial charge on any atom is 0.251 e. The summed E-state index contributed by atoms with van der Waals surface area (Å²) in [6, 6.07) is 7.36. The molecule has 0 spiro atoms. The van der Waals surface area contributed by atoms with E-state index in [9.17, 15) is 4.79 Å². The topological polar surface area (TPSA) is 58.6 Å². The van der Waals surface area contributed by atoms with Gasteiger partial charge >= 0.3 is 0 Å². The Morgan fingerprint density at radius 1 is 1.33 bits per heavy atom. The SMILES string of the molecule is CCCc1cc(=O)[nH]c(SCc2ccccn2)n1. The lowest BCUT2D eigenvalue weighted by atomic mass is 10.2. The number of aromatic nitrogens is 3. The Hall–Kier alpha value is -1.62. The largest absolute Gasteiger partial charge is 0.301 e. The van der Waals surface area contributed by atoms with Gasteiger partial charge in [-0.25, -0.2) is 4.98 Å². The maximum absolute atomic E-state index is 11.5. The molecule has 1 N–H and O–H groups in total. The van der Waals surface area contributed by atoms with E-state index in [0.717, 1.165) is 24.2 Å². The number of rotatable bonds is 5. The molecule has 0 aliphatic carbocycles. The van der Waals surface area contributed by atoms with Crippen LogP contribution in [0, 0.1) is 0 Å². The van der Waals surface area contributed by atoms with E-state index in [1.165, 1.54) is 11.8 Å². The van der Waals surface area contributed by atoms with Gasteiger partial charge in [0, 0.05) is 23.7 Å². The van der Waals surface area contributed by atoms with Crippen molar-refractivity contribution in [2.75, 3.05) is 0 Å². The van der Waals surface area contributed by atoms with E-state index < -0.39 is 0 Å². The molecule has 0 radical (unpaired) electrons. The van der Waals surface area contributed by atoms with Gasteiger partial charge in [0.25, 0.3) is 5.56 Å². The molecular weight excluding hydrogens is 246 g/mol. The van der Waals surface area contributed by atoms with Crippen molar-refractivity contribution < 1.29 is 0 Å². The van der Waals surface area contributed by atoms with Gasteiger partial charge in [-0.2, -0.15) is 0 Å². The van der Waals surface area contributed by atoms with Crippen LogP contribution in [0.2, 0.25) is 0 Å². The van der Waals surface area contributed by atoms with Crippen LogP contribution in [0.4, 0.5) is 0 Å². The molecule has 2 rings (SSSR count). The van der Waals surface area contributed by atoms with Gasteiger partial charge in [0.2, 0.25) is 0 Å². The molecule has 0 amide bonds. The molecule has 0 saturated carbocycles. The lowest BCUT2D eigenvalue weighted by molar-refractivity contribution is 0.815. The van der Waals surface area contributed by atoms with Gasteiger partial charge < -0.3 is 4.98 Å². The summed E-state index contributed by atoms with van der Waals surface area (Å²) in [7, 11) is 0. The van der Waals surface area contributed by atoms with Crippen LogP contribution in [0.3, 0.4) is 0 Å². The second-order valence-corrected chi connectivity index (χ2v) is 4.87. The van der Waals surface area contributed by atoms with E-state index in [0.29, 0.717) is 10.9 Å². The molecule has 0 aliphatic heterocycles. The number of thioether (sulfide) groups is 1. The highest BCUT2D eigenvalue weighted by atomic mass is 32.2. The first kappa shape index (κ1) is 12.8. The molecule has 0 fully saturated rings. The average Bonchev–Trinajstić information content (AvgIpc) is 2.37. The zero-order chi connectivity index (χ0) is 12.8. The summed E-state index contributed by atoms with van der Waals surface area (Å²) in [4.78, 5) is 22.9. The third-order valence-electron chi connectivity index (χ3n) is 2.36.